The largest absolute Gasteiger partial charge is 0.455 e. The van der Waals surface area contributed by atoms with Gasteiger partial charge in [-0.15, -0.1) is 0 Å². The Bertz CT molecular complexity index is 2860. The first kappa shape index (κ1) is 28.5. The molecular formula is C46H29OPS. The van der Waals surface area contributed by atoms with Gasteiger partial charge in [0.15, 0.2) is 0 Å². The number of rotatable bonds is 4. The first-order valence-corrected chi connectivity index (χ1v) is 19.4. The second kappa shape index (κ2) is 11.0. The number of fused-ring (bicyclic) bond motifs is 9. The Balaban J connectivity index is 1.41. The van der Waals surface area contributed by atoms with Gasteiger partial charge in [0.05, 0.1) is 0 Å². The van der Waals surface area contributed by atoms with E-state index in [4.69, 9.17) is 16.2 Å². The summed E-state index contributed by atoms with van der Waals surface area (Å²) in [6, 6.07) is 60.7. The van der Waals surface area contributed by atoms with Crippen molar-refractivity contribution in [3.05, 3.63) is 176 Å². The molecule has 0 saturated heterocycles. The molecule has 0 saturated carbocycles. The van der Waals surface area contributed by atoms with Crippen molar-refractivity contribution in [2.45, 2.75) is 0 Å². The molecule has 0 N–H and O–H groups in total. The fourth-order valence-electron chi connectivity index (χ4n) is 7.99. The molecule has 230 valence electrons. The lowest BCUT2D eigenvalue weighted by molar-refractivity contribution is 0.670. The van der Waals surface area contributed by atoms with E-state index in [1.165, 1.54) is 70.0 Å². The number of hydrogen-bond acceptors (Lipinski definition) is 2. The van der Waals surface area contributed by atoms with Gasteiger partial charge in [0.25, 0.3) is 0 Å². The van der Waals surface area contributed by atoms with E-state index in [1.54, 1.807) is 0 Å². The number of furan rings is 1. The fourth-order valence-corrected chi connectivity index (χ4v) is 12.4. The second-order valence-corrected chi connectivity index (χ2v) is 17.0. The van der Waals surface area contributed by atoms with Crippen LogP contribution >= 0.6 is 6.04 Å². The van der Waals surface area contributed by atoms with Crippen LogP contribution in [0.4, 0.5) is 0 Å². The zero-order valence-corrected chi connectivity index (χ0v) is 28.2. The predicted octanol–water partition coefficient (Wildman–Crippen LogP) is 11.6. The Morgan fingerprint density at radius 1 is 0.408 bits per heavy atom. The first-order valence-electron chi connectivity index (χ1n) is 16.6. The highest BCUT2D eigenvalue weighted by Crippen LogP contribution is 2.51. The van der Waals surface area contributed by atoms with Gasteiger partial charge in [-0.25, -0.2) is 0 Å². The summed E-state index contributed by atoms with van der Waals surface area (Å²) < 4.78 is 6.97. The van der Waals surface area contributed by atoms with Crippen molar-refractivity contribution in [2.24, 2.45) is 0 Å². The van der Waals surface area contributed by atoms with Crippen LogP contribution in [-0.4, -0.2) is 0 Å². The summed E-state index contributed by atoms with van der Waals surface area (Å²) in [5.41, 5.74) is 4.09. The maximum Gasteiger partial charge on any atom is 0.143 e. The third-order valence-corrected chi connectivity index (χ3v) is 15.1. The van der Waals surface area contributed by atoms with Gasteiger partial charge >= 0.3 is 0 Å². The molecule has 10 aromatic rings. The summed E-state index contributed by atoms with van der Waals surface area (Å²) in [5, 5.41) is 15.5. The monoisotopic (exact) mass is 660 g/mol. The fraction of sp³-hybridized carbons (Fsp3) is 0. The molecule has 0 aliphatic carbocycles. The standard InChI is InChI=1S/C46H29OPS/c49-48(32-17-3-1-4-18-32,33-19-5-2-6-20-33)46-38-25-13-11-23-36(38)42(37-24-12-14-26-39(37)46)40-29-31-16-8-10-22-35(31)44-43-34-21-9-7-15-30(34)27-28-41(43)47-45(40)44/h1-29H. The summed E-state index contributed by atoms with van der Waals surface area (Å²) in [7, 11) is 0. The van der Waals surface area contributed by atoms with Crippen molar-refractivity contribution < 1.29 is 4.42 Å². The summed E-state index contributed by atoms with van der Waals surface area (Å²) in [6.07, 6.45) is 0. The van der Waals surface area contributed by atoms with Gasteiger partial charge in [-0.2, -0.15) is 0 Å². The first-order chi connectivity index (χ1) is 24.2. The minimum absolute atomic E-state index is 0.903. The maximum absolute atomic E-state index is 7.04. The lowest BCUT2D eigenvalue weighted by atomic mass is 9.89. The molecule has 0 bridgehead atoms. The van der Waals surface area contributed by atoms with E-state index in [9.17, 15) is 0 Å². The van der Waals surface area contributed by atoms with Crippen LogP contribution in [0.25, 0.3) is 76.2 Å². The smallest absolute Gasteiger partial charge is 0.143 e. The summed E-state index contributed by atoms with van der Waals surface area (Å²) >= 11 is 7.04. The van der Waals surface area contributed by atoms with Gasteiger partial charge in [0, 0.05) is 33.2 Å². The number of hydrogen-bond donors (Lipinski definition) is 0. The van der Waals surface area contributed by atoms with Crippen molar-refractivity contribution in [3.8, 4) is 11.1 Å². The average Bonchev–Trinajstić information content (AvgIpc) is 3.58. The Morgan fingerprint density at radius 3 is 1.47 bits per heavy atom. The molecule has 3 heteroatoms. The minimum Gasteiger partial charge on any atom is -0.455 e. The van der Waals surface area contributed by atoms with Crippen LogP contribution in [0.2, 0.25) is 0 Å². The lowest BCUT2D eigenvalue weighted by Gasteiger charge is -2.28. The van der Waals surface area contributed by atoms with Gasteiger partial charge in [-0.3, -0.25) is 0 Å². The minimum atomic E-state index is -2.51. The molecule has 1 heterocycles. The van der Waals surface area contributed by atoms with E-state index in [1.807, 2.05) is 0 Å². The van der Waals surface area contributed by atoms with Crippen LogP contribution < -0.4 is 15.9 Å². The Kier molecular flexibility index (Phi) is 6.40. The molecule has 0 spiro atoms. The summed E-state index contributed by atoms with van der Waals surface area (Å²) in [6.45, 7) is 0. The third kappa shape index (κ3) is 4.15. The Hall–Kier alpha value is -5.53. The molecule has 0 aliphatic rings. The lowest BCUT2D eigenvalue weighted by Crippen LogP contribution is -2.26. The maximum atomic E-state index is 7.04. The highest BCUT2D eigenvalue weighted by molar-refractivity contribution is 8.25. The third-order valence-electron chi connectivity index (χ3n) is 10.1. The van der Waals surface area contributed by atoms with Gasteiger partial charge in [0.1, 0.15) is 11.2 Å². The molecular weight excluding hydrogens is 632 g/mol. The van der Waals surface area contributed by atoms with Crippen LogP contribution in [0.5, 0.6) is 0 Å². The van der Waals surface area contributed by atoms with Gasteiger partial charge in [0.2, 0.25) is 0 Å². The molecule has 10 rings (SSSR count). The van der Waals surface area contributed by atoms with Crippen LogP contribution in [-0.2, 0) is 11.8 Å². The molecule has 0 radical (unpaired) electrons. The average molecular weight is 661 g/mol. The highest BCUT2D eigenvalue weighted by Gasteiger charge is 2.31. The highest BCUT2D eigenvalue weighted by atomic mass is 32.4. The quantitative estimate of drug-likeness (QED) is 0.138. The molecule has 0 aliphatic heterocycles. The molecule has 0 unspecified atom stereocenters. The predicted molar refractivity (Wildman–Crippen MR) is 215 cm³/mol. The van der Waals surface area contributed by atoms with Crippen molar-refractivity contribution in [2.75, 3.05) is 0 Å². The molecule has 0 atom stereocenters. The molecule has 1 aromatic heterocycles. The SMILES string of the molecule is S=P(c1ccccc1)(c1ccccc1)c1c2ccccc2c(-c2cc3ccccc3c3c2oc2ccc4ccccc4c23)c2ccccc12. The van der Waals surface area contributed by atoms with Crippen LogP contribution in [0, 0.1) is 0 Å². The van der Waals surface area contributed by atoms with Crippen LogP contribution in [0.3, 0.4) is 0 Å². The van der Waals surface area contributed by atoms with Crippen LogP contribution in [0.15, 0.2) is 180 Å². The zero-order valence-electron chi connectivity index (χ0n) is 26.5. The zero-order chi connectivity index (χ0) is 32.5. The number of benzene rings is 9. The van der Waals surface area contributed by atoms with E-state index >= 15 is 0 Å². The van der Waals surface area contributed by atoms with Crippen molar-refractivity contribution in [3.63, 3.8) is 0 Å². The van der Waals surface area contributed by atoms with Crippen molar-refractivity contribution >= 4 is 98.8 Å². The van der Waals surface area contributed by atoms with Crippen molar-refractivity contribution in [1.82, 2.24) is 0 Å². The summed E-state index contributed by atoms with van der Waals surface area (Å²) in [5.74, 6) is 0. The normalized spacial score (nSPS) is 12.2. The molecule has 9 aromatic carbocycles. The molecule has 49 heavy (non-hydrogen) atoms. The Morgan fingerprint density at radius 2 is 0.878 bits per heavy atom. The van der Waals surface area contributed by atoms with E-state index in [2.05, 4.69) is 176 Å². The van der Waals surface area contributed by atoms with Crippen molar-refractivity contribution in [1.29, 1.82) is 0 Å². The molecule has 0 fully saturated rings. The van der Waals surface area contributed by atoms with E-state index < -0.39 is 6.04 Å². The summed E-state index contributed by atoms with van der Waals surface area (Å²) in [4.78, 5) is 0. The van der Waals surface area contributed by atoms with Gasteiger partial charge in [-0.05, 0) is 65.8 Å². The van der Waals surface area contributed by atoms with Gasteiger partial charge < -0.3 is 4.42 Å². The van der Waals surface area contributed by atoms with E-state index in [-0.39, 0.29) is 0 Å². The van der Waals surface area contributed by atoms with Crippen LogP contribution in [0.1, 0.15) is 0 Å². The van der Waals surface area contributed by atoms with E-state index in [0.717, 1.165) is 22.1 Å². The van der Waals surface area contributed by atoms with E-state index in [0.29, 0.717) is 0 Å². The second-order valence-electron chi connectivity index (χ2n) is 12.7. The molecule has 0 amide bonds. The topological polar surface area (TPSA) is 13.1 Å². The molecule has 1 nitrogen and oxygen atoms in total. The van der Waals surface area contributed by atoms with Gasteiger partial charge in [-0.1, -0.05) is 176 Å². The Labute approximate surface area is 289 Å².